The number of methoxy groups -OCH3 is 1. The second-order valence-electron chi connectivity index (χ2n) is 3.40. The highest BCUT2D eigenvalue weighted by atomic mass is 35.5. The molecule has 16 heavy (non-hydrogen) atoms. The van der Waals surface area contributed by atoms with Gasteiger partial charge < -0.3 is 4.74 Å². The third-order valence-corrected chi connectivity index (χ3v) is 2.38. The molecule has 0 spiro atoms. The van der Waals surface area contributed by atoms with Crippen LogP contribution in [-0.2, 0) is 16.0 Å². The van der Waals surface area contributed by atoms with Crippen LogP contribution in [0.15, 0.2) is 24.3 Å². The van der Waals surface area contributed by atoms with Crippen LogP contribution in [0.5, 0.6) is 0 Å². The highest BCUT2D eigenvalue weighted by molar-refractivity contribution is 6.63. The summed E-state index contributed by atoms with van der Waals surface area (Å²) in [6.45, 7) is 0. The van der Waals surface area contributed by atoms with Gasteiger partial charge in [0, 0.05) is 6.42 Å². The van der Waals surface area contributed by atoms with Gasteiger partial charge in [0.15, 0.2) is 0 Å². The molecule has 0 atom stereocenters. The molecule has 1 rings (SSSR count). The Balaban J connectivity index is 2.60. The average molecular weight is 241 g/mol. The molecule has 0 saturated carbocycles. The molecule has 1 aromatic carbocycles. The monoisotopic (exact) mass is 240 g/mol. The Kier molecular flexibility index (Phi) is 4.99. The van der Waals surface area contributed by atoms with Gasteiger partial charge in [-0.3, -0.25) is 4.79 Å². The van der Waals surface area contributed by atoms with Crippen LogP contribution in [0.3, 0.4) is 0 Å². The fourth-order valence-electron chi connectivity index (χ4n) is 1.40. The van der Waals surface area contributed by atoms with Crippen LogP contribution in [0.25, 0.3) is 0 Å². The van der Waals surface area contributed by atoms with E-state index in [1.165, 1.54) is 7.11 Å². The van der Waals surface area contributed by atoms with Crippen molar-refractivity contribution in [1.29, 1.82) is 0 Å². The van der Waals surface area contributed by atoms with Gasteiger partial charge in [0.05, 0.1) is 12.7 Å². The lowest BCUT2D eigenvalue weighted by Crippen LogP contribution is -2.01. The predicted molar refractivity (Wildman–Crippen MR) is 61.6 cm³/mol. The summed E-state index contributed by atoms with van der Waals surface area (Å²) in [7, 11) is 1.35. The Labute approximate surface area is 99.4 Å². The van der Waals surface area contributed by atoms with Crippen molar-refractivity contribution in [2.75, 3.05) is 7.11 Å². The van der Waals surface area contributed by atoms with E-state index in [1.54, 1.807) is 18.2 Å². The lowest BCUT2D eigenvalue weighted by atomic mass is 10.1. The standard InChI is InChI=1S/C12H13ClO3/c1-16-12(15)10-6-2-4-9(8-10)5-3-7-11(13)14/h2,4,6,8H,3,5,7H2,1H3. The van der Waals surface area contributed by atoms with Gasteiger partial charge in [-0.2, -0.15) is 0 Å². The molecule has 0 fully saturated rings. The molecule has 0 aliphatic heterocycles. The first-order valence-electron chi connectivity index (χ1n) is 4.99. The fourth-order valence-corrected chi connectivity index (χ4v) is 1.54. The highest BCUT2D eigenvalue weighted by Crippen LogP contribution is 2.10. The second kappa shape index (κ2) is 6.28. The molecule has 0 aliphatic carbocycles. The van der Waals surface area contributed by atoms with Gasteiger partial charge in [0.25, 0.3) is 0 Å². The number of aryl methyl sites for hydroxylation is 1. The van der Waals surface area contributed by atoms with Crippen LogP contribution in [-0.4, -0.2) is 18.3 Å². The third kappa shape index (κ3) is 4.03. The smallest absolute Gasteiger partial charge is 0.337 e. The topological polar surface area (TPSA) is 43.4 Å². The predicted octanol–water partition coefficient (Wildman–Crippen LogP) is 2.56. The first-order chi connectivity index (χ1) is 7.63. The Bertz CT molecular complexity index is 388. The molecule has 0 unspecified atom stereocenters. The van der Waals surface area contributed by atoms with E-state index in [4.69, 9.17) is 11.6 Å². The van der Waals surface area contributed by atoms with Gasteiger partial charge in [0.2, 0.25) is 5.24 Å². The number of carbonyl (C=O) groups excluding carboxylic acids is 2. The number of hydrogen-bond acceptors (Lipinski definition) is 3. The summed E-state index contributed by atoms with van der Waals surface area (Å²) in [5.41, 5.74) is 1.53. The van der Waals surface area contributed by atoms with Gasteiger partial charge in [-0.1, -0.05) is 12.1 Å². The summed E-state index contributed by atoms with van der Waals surface area (Å²) in [5.74, 6) is -0.352. The molecular formula is C12H13ClO3. The Hall–Kier alpha value is -1.35. The first kappa shape index (κ1) is 12.7. The van der Waals surface area contributed by atoms with Crippen LogP contribution in [0, 0.1) is 0 Å². The fraction of sp³-hybridized carbons (Fsp3) is 0.333. The zero-order valence-corrected chi connectivity index (χ0v) is 9.79. The minimum absolute atomic E-state index is 0.330. The maximum Gasteiger partial charge on any atom is 0.337 e. The molecule has 3 nitrogen and oxygen atoms in total. The van der Waals surface area contributed by atoms with Gasteiger partial charge in [0.1, 0.15) is 0 Å². The van der Waals surface area contributed by atoms with Crippen LogP contribution in [0.2, 0.25) is 0 Å². The normalized spacial score (nSPS) is 9.88. The van der Waals surface area contributed by atoms with E-state index in [1.807, 2.05) is 6.07 Å². The summed E-state index contributed by atoms with van der Waals surface area (Å²) in [6, 6.07) is 7.17. The van der Waals surface area contributed by atoms with E-state index in [-0.39, 0.29) is 11.2 Å². The molecule has 4 heteroatoms. The van der Waals surface area contributed by atoms with E-state index in [0.29, 0.717) is 18.4 Å². The minimum Gasteiger partial charge on any atom is -0.465 e. The molecule has 0 aromatic heterocycles. The van der Waals surface area contributed by atoms with Crippen molar-refractivity contribution in [3.63, 3.8) is 0 Å². The Morgan fingerprint density at radius 1 is 1.38 bits per heavy atom. The summed E-state index contributed by atoms with van der Waals surface area (Å²) in [4.78, 5) is 21.8. The van der Waals surface area contributed by atoms with Crippen LogP contribution >= 0.6 is 11.6 Å². The zero-order valence-electron chi connectivity index (χ0n) is 9.03. The molecule has 0 saturated heterocycles. The summed E-state index contributed by atoms with van der Waals surface area (Å²) >= 11 is 5.24. The number of esters is 1. The van der Waals surface area contributed by atoms with E-state index < -0.39 is 0 Å². The number of carbonyl (C=O) groups is 2. The number of rotatable bonds is 5. The lowest BCUT2D eigenvalue weighted by molar-refractivity contribution is -0.111. The van der Waals surface area contributed by atoms with Crippen molar-refractivity contribution in [2.24, 2.45) is 0 Å². The number of hydrogen-bond donors (Lipinski definition) is 0. The third-order valence-electron chi connectivity index (χ3n) is 2.19. The number of benzene rings is 1. The van der Waals surface area contributed by atoms with Crippen molar-refractivity contribution in [2.45, 2.75) is 19.3 Å². The van der Waals surface area contributed by atoms with Gasteiger partial charge >= 0.3 is 5.97 Å². The maximum atomic E-state index is 11.3. The summed E-state index contributed by atoms with van der Waals surface area (Å²) < 4.78 is 4.62. The largest absolute Gasteiger partial charge is 0.465 e. The van der Waals surface area contributed by atoms with Gasteiger partial charge in [-0.25, -0.2) is 4.79 Å². The molecule has 0 heterocycles. The SMILES string of the molecule is COC(=O)c1cccc(CCCC(=O)Cl)c1. The first-order valence-corrected chi connectivity index (χ1v) is 5.37. The van der Waals surface area contributed by atoms with Crippen molar-refractivity contribution in [3.05, 3.63) is 35.4 Å². The second-order valence-corrected chi connectivity index (χ2v) is 3.82. The maximum absolute atomic E-state index is 11.3. The minimum atomic E-state index is -0.352. The van der Waals surface area contributed by atoms with E-state index >= 15 is 0 Å². The lowest BCUT2D eigenvalue weighted by Gasteiger charge is -2.03. The van der Waals surface area contributed by atoms with E-state index in [0.717, 1.165) is 12.0 Å². The van der Waals surface area contributed by atoms with Crippen molar-refractivity contribution >= 4 is 22.8 Å². The van der Waals surface area contributed by atoms with Gasteiger partial charge in [-0.15, -0.1) is 0 Å². The quantitative estimate of drug-likeness (QED) is 0.587. The molecule has 86 valence electrons. The van der Waals surface area contributed by atoms with Crippen molar-refractivity contribution < 1.29 is 14.3 Å². The van der Waals surface area contributed by atoms with Gasteiger partial charge in [-0.05, 0) is 42.1 Å². The molecule has 0 N–H and O–H groups in total. The highest BCUT2D eigenvalue weighted by Gasteiger charge is 2.05. The molecule has 0 amide bonds. The average Bonchev–Trinajstić information content (AvgIpc) is 2.28. The summed E-state index contributed by atoms with van der Waals surface area (Å²) in [5, 5.41) is -0.330. The number of ether oxygens (including phenoxy) is 1. The van der Waals surface area contributed by atoms with Crippen LogP contribution < -0.4 is 0 Å². The van der Waals surface area contributed by atoms with Crippen molar-refractivity contribution in [3.8, 4) is 0 Å². The number of halogens is 1. The zero-order chi connectivity index (χ0) is 12.0. The molecular weight excluding hydrogens is 228 g/mol. The molecule has 1 aromatic rings. The molecule has 0 radical (unpaired) electrons. The van der Waals surface area contributed by atoms with Crippen molar-refractivity contribution in [1.82, 2.24) is 0 Å². The summed E-state index contributed by atoms with van der Waals surface area (Å²) in [6.07, 6.45) is 1.76. The Morgan fingerprint density at radius 2 is 2.12 bits per heavy atom. The Morgan fingerprint density at radius 3 is 2.75 bits per heavy atom. The van der Waals surface area contributed by atoms with Crippen LogP contribution in [0.1, 0.15) is 28.8 Å². The molecule has 0 bridgehead atoms. The van der Waals surface area contributed by atoms with E-state index in [9.17, 15) is 9.59 Å². The molecule has 0 aliphatic rings. The van der Waals surface area contributed by atoms with E-state index in [2.05, 4.69) is 4.74 Å². The van der Waals surface area contributed by atoms with Crippen LogP contribution in [0.4, 0.5) is 0 Å².